The lowest BCUT2D eigenvalue weighted by Gasteiger charge is -2.23. The molecule has 1 aliphatic heterocycles. The Morgan fingerprint density at radius 1 is 1.28 bits per heavy atom. The molecule has 3 aromatic rings. The van der Waals surface area contributed by atoms with Crippen molar-refractivity contribution in [2.24, 2.45) is 0 Å². The fraction of sp³-hybridized carbons (Fsp3) is 0.263. The van der Waals surface area contributed by atoms with Crippen LogP contribution in [0.3, 0.4) is 0 Å². The van der Waals surface area contributed by atoms with Gasteiger partial charge in [-0.3, -0.25) is 4.79 Å². The van der Waals surface area contributed by atoms with Crippen LogP contribution in [0.25, 0.3) is 10.2 Å². The van der Waals surface area contributed by atoms with Crippen molar-refractivity contribution in [3.05, 3.63) is 63.9 Å². The number of carbonyl (C=O) groups excluding carboxylic acids is 1. The summed E-state index contributed by atoms with van der Waals surface area (Å²) in [7, 11) is 0. The minimum atomic E-state index is -0.434. The second-order valence-corrected chi connectivity index (χ2v) is 7.61. The van der Waals surface area contributed by atoms with E-state index in [2.05, 4.69) is 0 Å². The molecule has 2 aromatic carbocycles. The van der Waals surface area contributed by atoms with Crippen molar-refractivity contribution in [1.29, 1.82) is 0 Å². The minimum Gasteiger partial charge on any atom is -0.333 e. The highest BCUT2D eigenvalue weighted by Crippen LogP contribution is 2.37. The van der Waals surface area contributed by atoms with E-state index >= 15 is 0 Å². The van der Waals surface area contributed by atoms with Gasteiger partial charge in [-0.05, 0) is 37.1 Å². The Morgan fingerprint density at radius 2 is 2.12 bits per heavy atom. The Bertz CT molecular complexity index is 889. The number of fused-ring (bicyclic) bond motifs is 1. The Labute approximate surface area is 154 Å². The van der Waals surface area contributed by atoms with Gasteiger partial charge >= 0.3 is 0 Å². The predicted octanol–water partition coefficient (Wildman–Crippen LogP) is 5.00. The highest BCUT2D eigenvalue weighted by Gasteiger charge is 2.32. The van der Waals surface area contributed by atoms with Gasteiger partial charge in [0.1, 0.15) is 10.8 Å². The van der Waals surface area contributed by atoms with E-state index in [0.717, 1.165) is 28.1 Å². The maximum absolute atomic E-state index is 14.0. The van der Waals surface area contributed by atoms with Gasteiger partial charge in [0.2, 0.25) is 5.91 Å². The number of amides is 1. The number of hydrogen-bond donors (Lipinski definition) is 0. The first-order valence-corrected chi connectivity index (χ1v) is 9.41. The molecule has 2 heterocycles. The third kappa shape index (κ3) is 3.14. The quantitative estimate of drug-likeness (QED) is 0.646. The number of para-hydroxylation sites is 1. The molecule has 0 saturated carbocycles. The Hall–Kier alpha value is -1.98. The molecule has 1 aliphatic rings. The Morgan fingerprint density at radius 3 is 2.92 bits per heavy atom. The SMILES string of the molecule is O=C(Cc1c(F)cccc1Cl)N1CCCC1c1nc2ccccc2s1. The van der Waals surface area contributed by atoms with Crippen LogP contribution in [-0.4, -0.2) is 22.3 Å². The molecule has 128 valence electrons. The monoisotopic (exact) mass is 374 g/mol. The summed E-state index contributed by atoms with van der Waals surface area (Å²) in [4.78, 5) is 19.3. The molecule has 1 fully saturated rings. The molecule has 0 spiro atoms. The zero-order valence-electron chi connectivity index (χ0n) is 13.4. The average Bonchev–Trinajstić information content (AvgIpc) is 3.24. The molecule has 3 nitrogen and oxygen atoms in total. The van der Waals surface area contributed by atoms with E-state index in [9.17, 15) is 9.18 Å². The van der Waals surface area contributed by atoms with Crippen LogP contribution in [-0.2, 0) is 11.2 Å². The highest BCUT2D eigenvalue weighted by molar-refractivity contribution is 7.18. The Kier molecular flexibility index (Phi) is 4.44. The van der Waals surface area contributed by atoms with Gasteiger partial charge in [-0.2, -0.15) is 0 Å². The third-order valence-corrected chi connectivity index (χ3v) is 6.05. The number of halogens is 2. The molecule has 25 heavy (non-hydrogen) atoms. The Balaban J connectivity index is 1.59. The lowest BCUT2D eigenvalue weighted by Crippen LogP contribution is -2.32. The van der Waals surface area contributed by atoms with Crippen molar-refractivity contribution in [2.75, 3.05) is 6.54 Å². The molecule has 1 atom stereocenters. The molecule has 0 aliphatic carbocycles. The molecular formula is C19H16ClFN2OS. The molecule has 6 heteroatoms. The maximum Gasteiger partial charge on any atom is 0.227 e. The van der Waals surface area contributed by atoms with Crippen molar-refractivity contribution in [3.8, 4) is 0 Å². The lowest BCUT2D eigenvalue weighted by atomic mass is 10.1. The first-order chi connectivity index (χ1) is 12.1. The van der Waals surface area contributed by atoms with Gasteiger partial charge in [-0.15, -0.1) is 11.3 Å². The molecule has 1 amide bonds. The number of carbonyl (C=O) groups is 1. The van der Waals surface area contributed by atoms with E-state index in [1.54, 1.807) is 23.5 Å². The summed E-state index contributed by atoms with van der Waals surface area (Å²) in [6.45, 7) is 0.672. The van der Waals surface area contributed by atoms with Crippen LogP contribution in [0.1, 0.15) is 29.5 Å². The van der Waals surface area contributed by atoms with Crippen molar-refractivity contribution < 1.29 is 9.18 Å². The summed E-state index contributed by atoms with van der Waals surface area (Å²) in [5.74, 6) is -0.537. The largest absolute Gasteiger partial charge is 0.333 e. The normalized spacial score (nSPS) is 17.4. The number of benzene rings is 2. The standard InChI is InChI=1S/C19H16ClFN2OS/c20-13-5-3-6-14(21)12(13)11-18(24)23-10-4-8-16(23)19-22-15-7-1-2-9-17(15)25-19/h1-3,5-7,9,16H,4,8,10-11H2. The smallest absolute Gasteiger partial charge is 0.227 e. The first-order valence-electron chi connectivity index (χ1n) is 8.21. The molecular weight excluding hydrogens is 359 g/mol. The van der Waals surface area contributed by atoms with Crippen LogP contribution in [0.5, 0.6) is 0 Å². The number of likely N-dealkylation sites (tertiary alicyclic amines) is 1. The van der Waals surface area contributed by atoms with Gasteiger partial charge in [0.25, 0.3) is 0 Å². The summed E-state index contributed by atoms with van der Waals surface area (Å²) < 4.78 is 15.1. The fourth-order valence-electron chi connectivity index (χ4n) is 3.31. The lowest BCUT2D eigenvalue weighted by molar-refractivity contribution is -0.131. The van der Waals surface area contributed by atoms with E-state index in [1.165, 1.54) is 6.07 Å². The molecule has 1 unspecified atom stereocenters. The van der Waals surface area contributed by atoms with Gasteiger partial charge in [0.05, 0.1) is 22.7 Å². The summed E-state index contributed by atoms with van der Waals surface area (Å²) in [5, 5.41) is 1.25. The van der Waals surface area contributed by atoms with Crippen LogP contribution in [0, 0.1) is 5.82 Å². The zero-order chi connectivity index (χ0) is 17.4. The van der Waals surface area contributed by atoms with E-state index in [-0.39, 0.29) is 23.9 Å². The summed E-state index contributed by atoms with van der Waals surface area (Å²) in [5.41, 5.74) is 1.23. The van der Waals surface area contributed by atoms with Crippen LogP contribution >= 0.6 is 22.9 Å². The predicted molar refractivity (Wildman–Crippen MR) is 98.4 cm³/mol. The van der Waals surface area contributed by atoms with Crippen molar-refractivity contribution in [3.63, 3.8) is 0 Å². The topological polar surface area (TPSA) is 33.2 Å². The summed E-state index contributed by atoms with van der Waals surface area (Å²) >= 11 is 7.69. The summed E-state index contributed by atoms with van der Waals surface area (Å²) in [6.07, 6.45) is 1.79. The fourth-order valence-corrected chi connectivity index (χ4v) is 4.65. The van der Waals surface area contributed by atoms with Crippen molar-refractivity contribution in [2.45, 2.75) is 25.3 Å². The molecule has 1 aromatic heterocycles. The first kappa shape index (κ1) is 16.5. The van der Waals surface area contributed by atoms with E-state index in [0.29, 0.717) is 11.6 Å². The molecule has 1 saturated heterocycles. The highest BCUT2D eigenvalue weighted by atomic mass is 35.5. The van der Waals surface area contributed by atoms with Crippen LogP contribution in [0.15, 0.2) is 42.5 Å². The van der Waals surface area contributed by atoms with Crippen molar-refractivity contribution >= 4 is 39.1 Å². The van der Waals surface area contributed by atoms with Gasteiger partial charge < -0.3 is 4.90 Å². The second-order valence-electron chi connectivity index (χ2n) is 6.14. The van der Waals surface area contributed by atoms with Crippen LogP contribution in [0.4, 0.5) is 4.39 Å². The number of hydrogen-bond acceptors (Lipinski definition) is 3. The maximum atomic E-state index is 14.0. The van der Waals surface area contributed by atoms with Crippen LogP contribution in [0.2, 0.25) is 5.02 Å². The van der Waals surface area contributed by atoms with E-state index in [1.807, 2.05) is 29.2 Å². The number of rotatable bonds is 3. The van der Waals surface area contributed by atoms with Gasteiger partial charge in [0, 0.05) is 17.1 Å². The third-order valence-electron chi connectivity index (χ3n) is 4.56. The van der Waals surface area contributed by atoms with Crippen LogP contribution < -0.4 is 0 Å². The summed E-state index contributed by atoms with van der Waals surface area (Å²) in [6, 6.07) is 12.4. The average molecular weight is 375 g/mol. The molecule has 0 N–H and O–H groups in total. The minimum absolute atomic E-state index is 0.0209. The van der Waals surface area contributed by atoms with E-state index in [4.69, 9.17) is 16.6 Å². The molecule has 0 bridgehead atoms. The van der Waals surface area contributed by atoms with E-state index < -0.39 is 5.82 Å². The molecule has 4 rings (SSSR count). The van der Waals surface area contributed by atoms with Crippen molar-refractivity contribution in [1.82, 2.24) is 9.88 Å². The zero-order valence-corrected chi connectivity index (χ0v) is 15.0. The number of thiazole rings is 1. The molecule has 0 radical (unpaired) electrons. The van der Waals surface area contributed by atoms with Gasteiger partial charge in [0.15, 0.2) is 0 Å². The second kappa shape index (κ2) is 6.73. The number of nitrogens with zero attached hydrogens (tertiary/aromatic N) is 2. The van der Waals surface area contributed by atoms with Gasteiger partial charge in [-0.1, -0.05) is 29.8 Å². The van der Waals surface area contributed by atoms with Gasteiger partial charge in [-0.25, -0.2) is 9.37 Å². The number of aromatic nitrogens is 1.